The quantitative estimate of drug-likeness (QED) is 0.519. The van der Waals surface area contributed by atoms with E-state index in [1.807, 2.05) is 0 Å². The summed E-state index contributed by atoms with van der Waals surface area (Å²) >= 11 is 0. The molecule has 0 aliphatic carbocycles. The summed E-state index contributed by atoms with van der Waals surface area (Å²) in [7, 11) is -4.58. The third kappa shape index (κ3) is 2.12. The molecule has 1 aromatic carbocycles. The summed E-state index contributed by atoms with van der Waals surface area (Å²) in [5, 5.41) is 0.0341. The van der Waals surface area contributed by atoms with E-state index in [0.29, 0.717) is 0 Å². The van der Waals surface area contributed by atoms with Gasteiger partial charge in [-0.3, -0.25) is 0 Å². The predicted molar refractivity (Wildman–Crippen MR) is 45.7 cm³/mol. The molecule has 0 aliphatic heterocycles. The molecule has 0 aliphatic rings. The van der Waals surface area contributed by atoms with Crippen LogP contribution in [0.25, 0.3) is 0 Å². The van der Waals surface area contributed by atoms with Crippen LogP contribution in [0.1, 0.15) is 6.92 Å². The van der Waals surface area contributed by atoms with Crippen molar-refractivity contribution in [1.82, 2.24) is 0 Å². The first kappa shape index (κ1) is 9.35. The van der Waals surface area contributed by atoms with E-state index in [0.717, 1.165) is 0 Å². The molecule has 0 bridgehead atoms. The molecule has 1 nitrogen and oxygen atoms in total. The Labute approximate surface area is 71.5 Å². The van der Waals surface area contributed by atoms with E-state index >= 15 is 0 Å². The van der Waals surface area contributed by atoms with Gasteiger partial charge in [0.25, 0.3) is 0 Å². The molecule has 0 atom stereocenters. The van der Waals surface area contributed by atoms with Crippen molar-refractivity contribution >= 4 is 14.2 Å². The minimum Gasteiger partial charge on any atom is -0.365 e. The first-order chi connectivity index (χ1) is 5.67. The van der Waals surface area contributed by atoms with Crippen molar-refractivity contribution in [2.45, 2.75) is 6.92 Å². The number of benzene rings is 1. The zero-order valence-electron chi connectivity index (χ0n) is 6.76. The summed E-state index contributed by atoms with van der Waals surface area (Å²) in [5.74, 6) is 0. The number of halogens is 2. The Balaban J connectivity index is 2.82. The Bertz CT molecular complexity index is 238. The Morgan fingerprint density at radius 2 is 1.83 bits per heavy atom. The van der Waals surface area contributed by atoms with E-state index in [1.165, 1.54) is 12.1 Å². The van der Waals surface area contributed by atoms with E-state index in [2.05, 4.69) is 4.43 Å². The fourth-order valence-electron chi connectivity index (χ4n) is 0.897. The van der Waals surface area contributed by atoms with Crippen LogP contribution in [-0.4, -0.2) is 15.6 Å². The van der Waals surface area contributed by atoms with Gasteiger partial charge in [0.1, 0.15) is 0 Å². The molecule has 0 aromatic heterocycles. The average Bonchev–Trinajstić information content (AvgIpc) is 2.06. The highest BCUT2D eigenvalue weighted by atomic mass is 28.4. The zero-order valence-corrected chi connectivity index (χ0v) is 7.76. The fraction of sp³-hybridized carbons (Fsp3) is 0.250. The molecule has 12 heavy (non-hydrogen) atoms. The highest BCUT2D eigenvalue weighted by Crippen LogP contribution is 2.08. The van der Waals surface area contributed by atoms with Crippen LogP contribution >= 0.6 is 0 Å². The minimum absolute atomic E-state index is 0.0341. The van der Waals surface area contributed by atoms with Gasteiger partial charge in [0.2, 0.25) is 0 Å². The molecule has 0 N–H and O–H groups in total. The molecule has 0 saturated carbocycles. The van der Waals surface area contributed by atoms with E-state index in [9.17, 15) is 8.22 Å². The summed E-state index contributed by atoms with van der Waals surface area (Å²) in [5.41, 5.74) is 0. The monoisotopic (exact) mass is 188 g/mol. The molecule has 4 heteroatoms. The van der Waals surface area contributed by atoms with Gasteiger partial charge < -0.3 is 4.43 Å². The molecular weight excluding hydrogens is 178 g/mol. The lowest BCUT2D eigenvalue weighted by molar-refractivity contribution is 0.252. The smallest absolute Gasteiger partial charge is 0.365 e. The van der Waals surface area contributed by atoms with E-state index in [4.69, 9.17) is 0 Å². The Morgan fingerprint density at radius 1 is 1.25 bits per heavy atom. The van der Waals surface area contributed by atoms with Gasteiger partial charge in [-0.05, 0) is 6.92 Å². The van der Waals surface area contributed by atoms with Crippen molar-refractivity contribution in [3.8, 4) is 0 Å². The van der Waals surface area contributed by atoms with Crippen molar-refractivity contribution in [2.24, 2.45) is 0 Å². The zero-order chi connectivity index (χ0) is 9.03. The summed E-state index contributed by atoms with van der Waals surface area (Å²) in [6, 6.07) is 7.70. The maximum Gasteiger partial charge on any atom is 0.614 e. The second-order valence-corrected chi connectivity index (χ2v) is 4.22. The summed E-state index contributed by atoms with van der Waals surface area (Å²) < 4.78 is 30.6. The van der Waals surface area contributed by atoms with Gasteiger partial charge in [0.15, 0.2) is 0 Å². The lowest BCUT2D eigenvalue weighted by Crippen LogP contribution is -2.42. The fourth-order valence-corrected chi connectivity index (χ4v) is 2.01. The van der Waals surface area contributed by atoms with Gasteiger partial charge in [0, 0.05) is 11.8 Å². The van der Waals surface area contributed by atoms with Crippen molar-refractivity contribution in [2.75, 3.05) is 6.61 Å². The molecular formula is C8H10F2OSi. The Hall–Kier alpha value is -0.743. The normalized spacial score (nSPS) is 11.6. The van der Waals surface area contributed by atoms with Gasteiger partial charge in [-0.1, -0.05) is 30.3 Å². The van der Waals surface area contributed by atoms with Crippen molar-refractivity contribution in [3.05, 3.63) is 30.3 Å². The highest BCUT2D eigenvalue weighted by Gasteiger charge is 2.40. The molecule has 1 rings (SSSR count). The number of hydrogen-bond acceptors (Lipinski definition) is 1. The summed E-state index contributed by atoms with van der Waals surface area (Å²) in [4.78, 5) is 0. The van der Waals surface area contributed by atoms with Crippen LogP contribution in [0.15, 0.2) is 30.3 Å². The predicted octanol–water partition coefficient (Wildman–Crippen LogP) is 1.81. The first-order valence-electron chi connectivity index (χ1n) is 3.74. The van der Waals surface area contributed by atoms with Crippen LogP contribution in [0, 0.1) is 0 Å². The van der Waals surface area contributed by atoms with Crippen molar-refractivity contribution in [3.63, 3.8) is 0 Å². The van der Waals surface area contributed by atoms with Crippen LogP contribution in [-0.2, 0) is 4.43 Å². The SMILES string of the molecule is CCO[Si](F)(F)c1ccccc1. The lowest BCUT2D eigenvalue weighted by Gasteiger charge is -2.11. The summed E-state index contributed by atoms with van der Waals surface area (Å²) in [6.07, 6.45) is 0. The molecule has 0 heterocycles. The van der Waals surface area contributed by atoms with Crippen LogP contribution in [0.2, 0.25) is 0 Å². The molecule has 0 radical (unpaired) electrons. The largest absolute Gasteiger partial charge is 0.614 e. The Kier molecular flexibility index (Phi) is 2.94. The Morgan fingerprint density at radius 3 is 2.33 bits per heavy atom. The van der Waals surface area contributed by atoms with Crippen LogP contribution in [0.3, 0.4) is 0 Å². The molecule has 0 fully saturated rings. The second-order valence-electron chi connectivity index (χ2n) is 2.32. The molecule has 0 spiro atoms. The van der Waals surface area contributed by atoms with Gasteiger partial charge in [-0.15, -0.1) is 0 Å². The van der Waals surface area contributed by atoms with Crippen LogP contribution < -0.4 is 5.19 Å². The van der Waals surface area contributed by atoms with E-state index < -0.39 is 8.99 Å². The van der Waals surface area contributed by atoms with Crippen LogP contribution in [0.5, 0.6) is 0 Å². The average molecular weight is 188 g/mol. The second kappa shape index (κ2) is 3.78. The molecule has 0 unspecified atom stereocenters. The van der Waals surface area contributed by atoms with Gasteiger partial charge in [0.05, 0.1) is 0 Å². The molecule has 0 amide bonds. The van der Waals surface area contributed by atoms with Gasteiger partial charge in [-0.25, -0.2) is 8.22 Å². The van der Waals surface area contributed by atoms with Gasteiger partial charge in [-0.2, -0.15) is 0 Å². The minimum atomic E-state index is -4.58. The topological polar surface area (TPSA) is 9.23 Å². The van der Waals surface area contributed by atoms with Crippen molar-refractivity contribution < 1.29 is 12.6 Å². The summed E-state index contributed by atoms with van der Waals surface area (Å²) in [6.45, 7) is 1.64. The first-order valence-corrected chi connectivity index (χ1v) is 5.40. The van der Waals surface area contributed by atoms with Gasteiger partial charge >= 0.3 is 8.99 Å². The number of hydrogen-bond donors (Lipinski definition) is 0. The maximum atomic E-state index is 13.1. The standard InChI is InChI=1S/C8H10F2OSi/c1-2-11-12(9,10)8-6-4-3-5-7-8/h3-7H,2H2,1H3. The molecule has 1 aromatic rings. The van der Waals surface area contributed by atoms with E-state index in [-0.39, 0.29) is 11.8 Å². The van der Waals surface area contributed by atoms with Crippen LogP contribution in [0.4, 0.5) is 8.22 Å². The molecule has 0 saturated heterocycles. The highest BCUT2D eigenvalue weighted by molar-refractivity contribution is 6.74. The molecule has 66 valence electrons. The third-order valence-electron chi connectivity index (χ3n) is 1.44. The third-order valence-corrected chi connectivity index (χ3v) is 3.09. The number of rotatable bonds is 3. The van der Waals surface area contributed by atoms with Crippen molar-refractivity contribution in [1.29, 1.82) is 0 Å². The maximum absolute atomic E-state index is 13.1. The lowest BCUT2D eigenvalue weighted by atomic mass is 10.4. The van der Waals surface area contributed by atoms with E-state index in [1.54, 1.807) is 25.1 Å².